The molecule has 0 amide bonds. The van der Waals surface area contributed by atoms with E-state index in [4.69, 9.17) is 26.7 Å². The van der Waals surface area contributed by atoms with Crippen LogP contribution >= 0.6 is 11.6 Å². The number of ether oxygens (including phenoxy) is 1. The van der Waals surface area contributed by atoms with Crippen molar-refractivity contribution in [3.05, 3.63) is 71.5 Å². The fourth-order valence-electron chi connectivity index (χ4n) is 2.58. The zero-order chi connectivity index (χ0) is 20.1. The maximum absolute atomic E-state index is 11.0. The minimum absolute atomic E-state index is 0.0235. The molecule has 3 aromatic rings. The first-order valence-corrected chi connectivity index (χ1v) is 10.3. The largest absolute Gasteiger partial charge is 0.492 e. The van der Waals surface area contributed by atoms with Crippen molar-refractivity contribution in [1.29, 1.82) is 5.26 Å². The lowest BCUT2D eigenvalue weighted by atomic mass is 10.0. The Hall–Kier alpha value is -2.92. The number of rotatable bonds is 6. The van der Waals surface area contributed by atoms with Crippen molar-refractivity contribution < 1.29 is 13.2 Å². The molecule has 2 aromatic carbocycles. The minimum Gasteiger partial charge on any atom is -0.492 e. The van der Waals surface area contributed by atoms with Crippen molar-refractivity contribution >= 4 is 21.6 Å². The summed E-state index contributed by atoms with van der Waals surface area (Å²) in [5, 5.41) is 14.4. The number of halogens is 1. The van der Waals surface area contributed by atoms with Crippen LogP contribution in [-0.2, 0) is 10.0 Å². The number of nitrogens with two attached hydrogens (primary N) is 1. The molecule has 0 saturated carbocycles. The van der Waals surface area contributed by atoms with Crippen molar-refractivity contribution in [3.8, 4) is 34.1 Å². The van der Waals surface area contributed by atoms with Crippen LogP contribution in [0.15, 0.2) is 60.9 Å². The first-order chi connectivity index (χ1) is 13.4. The first-order valence-electron chi connectivity index (χ1n) is 8.24. The molecule has 3 rings (SSSR count). The number of sulfonamides is 1. The molecule has 0 spiro atoms. The summed E-state index contributed by atoms with van der Waals surface area (Å²) in [6.45, 7) is -0.0235. The monoisotopic (exact) mass is 413 g/mol. The predicted octanol–water partition coefficient (Wildman–Crippen LogP) is 3.61. The van der Waals surface area contributed by atoms with Gasteiger partial charge in [-0.2, -0.15) is 5.26 Å². The van der Waals surface area contributed by atoms with Crippen molar-refractivity contribution in [2.24, 2.45) is 5.14 Å². The number of benzene rings is 2. The molecule has 6 nitrogen and oxygen atoms in total. The van der Waals surface area contributed by atoms with Gasteiger partial charge in [0.1, 0.15) is 18.4 Å². The van der Waals surface area contributed by atoms with Gasteiger partial charge in [0, 0.05) is 23.5 Å². The molecule has 1 aromatic heterocycles. The molecule has 0 saturated heterocycles. The fourth-order valence-corrected chi connectivity index (χ4v) is 3.12. The van der Waals surface area contributed by atoms with Crippen molar-refractivity contribution in [2.45, 2.75) is 0 Å². The Morgan fingerprint density at radius 1 is 1.04 bits per heavy atom. The van der Waals surface area contributed by atoms with Crippen LogP contribution in [0, 0.1) is 11.3 Å². The van der Waals surface area contributed by atoms with Crippen molar-refractivity contribution in [2.75, 3.05) is 12.4 Å². The third-order valence-electron chi connectivity index (χ3n) is 3.97. The molecule has 0 fully saturated rings. The van der Waals surface area contributed by atoms with E-state index in [1.165, 1.54) is 0 Å². The Balaban J connectivity index is 1.85. The maximum atomic E-state index is 11.0. The van der Waals surface area contributed by atoms with Gasteiger partial charge in [-0.05, 0) is 41.5 Å². The summed E-state index contributed by atoms with van der Waals surface area (Å²) in [6.07, 6.45) is 3.44. The second-order valence-corrected chi connectivity index (χ2v) is 8.15. The Labute approximate surface area is 168 Å². The first kappa shape index (κ1) is 19.8. The van der Waals surface area contributed by atoms with Gasteiger partial charge in [0.15, 0.2) is 0 Å². The molecule has 0 aliphatic heterocycles. The van der Waals surface area contributed by atoms with Gasteiger partial charge < -0.3 is 4.74 Å². The van der Waals surface area contributed by atoms with E-state index in [1.54, 1.807) is 36.7 Å². The summed E-state index contributed by atoms with van der Waals surface area (Å²) < 4.78 is 27.5. The lowest BCUT2D eigenvalue weighted by molar-refractivity contribution is 0.341. The van der Waals surface area contributed by atoms with Crippen LogP contribution in [0.3, 0.4) is 0 Å². The summed E-state index contributed by atoms with van der Waals surface area (Å²) >= 11 is 6.13. The van der Waals surface area contributed by atoms with Crippen molar-refractivity contribution in [3.63, 3.8) is 0 Å². The van der Waals surface area contributed by atoms with Crippen LogP contribution in [0.1, 0.15) is 5.56 Å². The van der Waals surface area contributed by atoms with E-state index in [2.05, 4.69) is 4.98 Å². The van der Waals surface area contributed by atoms with Crippen LogP contribution in [0.2, 0.25) is 5.02 Å². The molecular weight excluding hydrogens is 398 g/mol. The van der Waals surface area contributed by atoms with Gasteiger partial charge in [0.2, 0.25) is 10.0 Å². The summed E-state index contributed by atoms with van der Waals surface area (Å²) in [6, 6.07) is 16.5. The average Bonchev–Trinajstić information content (AvgIpc) is 2.67. The normalized spacial score (nSPS) is 11.0. The van der Waals surface area contributed by atoms with E-state index >= 15 is 0 Å². The third-order valence-corrected chi connectivity index (χ3v) is 5.01. The van der Waals surface area contributed by atoms with Gasteiger partial charge in [-0.1, -0.05) is 29.8 Å². The van der Waals surface area contributed by atoms with Gasteiger partial charge in [-0.3, -0.25) is 4.98 Å². The topological polar surface area (TPSA) is 106 Å². The average molecular weight is 414 g/mol. The van der Waals surface area contributed by atoms with Crippen LogP contribution in [0.4, 0.5) is 0 Å². The minimum atomic E-state index is -3.57. The van der Waals surface area contributed by atoms with Gasteiger partial charge in [0.05, 0.1) is 16.3 Å². The molecule has 0 bridgehead atoms. The quantitative estimate of drug-likeness (QED) is 0.664. The number of aromatic nitrogens is 1. The van der Waals surface area contributed by atoms with E-state index in [9.17, 15) is 8.42 Å². The second-order valence-electron chi connectivity index (χ2n) is 6.01. The number of hydrogen-bond acceptors (Lipinski definition) is 5. The van der Waals surface area contributed by atoms with Crippen LogP contribution in [0.5, 0.6) is 5.75 Å². The highest BCUT2D eigenvalue weighted by Gasteiger charge is 2.08. The maximum Gasteiger partial charge on any atom is 0.212 e. The summed E-state index contributed by atoms with van der Waals surface area (Å²) in [5.74, 6) is 0.279. The Kier molecular flexibility index (Phi) is 5.95. The molecule has 0 atom stereocenters. The Morgan fingerprint density at radius 2 is 1.75 bits per heavy atom. The van der Waals surface area contributed by atoms with E-state index in [1.807, 2.05) is 30.3 Å². The van der Waals surface area contributed by atoms with Gasteiger partial charge in [-0.25, -0.2) is 13.6 Å². The molecule has 0 unspecified atom stereocenters. The Bertz CT molecular complexity index is 1160. The number of primary sulfonamides is 1. The smallest absolute Gasteiger partial charge is 0.212 e. The van der Waals surface area contributed by atoms with E-state index in [-0.39, 0.29) is 12.4 Å². The van der Waals surface area contributed by atoms with Crippen LogP contribution < -0.4 is 9.88 Å². The number of pyridine rings is 1. The zero-order valence-corrected chi connectivity index (χ0v) is 16.2. The summed E-state index contributed by atoms with van der Waals surface area (Å²) in [4.78, 5) is 4.29. The SMILES string of the molecule is N#Cc1ccc(-c2cncc(-c3cccc(OCCS(N)(=O)=O)c3)c2)cc1Cl. The second kappa shape index (κ2) is 8.40. The standard InChI is InChI=1S/C20H16ClN3O3S/c21-20-10-15(4-5-16(20)11-22)18-8-17(12-24-13-18)14-2-1-3-19(9-14)27-6-7-28(23,25)26/h1-5,8-10,12-13H,6-7H2,(H2,23,25,26). The highest BCUT2D eigenvalue weighted by Crippen LogP contribution is 2.29. The molecule has 8 heteroatoms. The molecule has 0 radical (unpaired) electrons. The predicted molar refractivity (Wildman–Crippen MR) is 108 cm³/mol. The van der Waals surface area contributed by atoms with E-state index < -0.39 is 10.0 Å². The van der Waals surface area contributed by atoms with Crippen LogP contribution in [0.25, 0.3) is 22.3 Å². The van der Waals surface area contributed by atoms with E-state index in [0.29, 0.717) is 16.3 Å². The van der Waals surface area contributed by atoms with Gasteiger partial charge in [-0.15, -0.1) is 0 Å². The van der Waals surface area contributed by atoms with Gasteiger partial charge >= 0.3 is 0 Å². The fraction of sp³-hybridized carbons (Fsp3) is 0.100. The molecular formula is C20H16ClN3O3S. The zero-order valence-electron chi connectivity index (χ0n) is 14.7. The summed E-state index contributed by atoms with van der Waals surface area (Å²) in [5.41, 5.74) is 3.83. The Morgan fingerprint density at radius 3 is 2.39 bits per heavy atom. The van der Waals surface area contributed by atoms with Crippen LogP contribution in [-0.4, -0.2) is 25.8 Å². The lowest BCUT2D eigenvalue weighted by Crippen LogP contribution is -2.21. The van der Waals surface area contributed by atoms with Gasteiger partial charge in [0.25, 0.3) is 0 Å². The molecule has 0 aliphatic carbocycles. The highest BCUT2D eigenvalue weighted by atomic mass is 35.5. The lowest BCUT2D eigenvalue weighted by Gasteiger charge is -2.09. The molecule has 28 heavy (non-hydrogen) atoms. The number of nitrogens with zero attached hydrogens (tertiary/aromatic N) is 2. The molecule has 0 aliphatic rings. The molecule has 1 heterocycles. The molecule has 2 N–H and O–H groups in total. The number of hydrogen-bond donors (Lipinski definition) is 1. The number of nitriles is 1. The summed E-state index contributed by atoms with van der Waals surface area (Å²) in [7, 11) is -3.57. The van der Waals surface area contributed by atoms with Crippen molar-refractivity contribution in [1.82, 2.24) is 4.98 Å². The third kappa shape index (κ3) is 5.08. The van der Waals surface area contributed by atoms with E-state index in [0.717, 1.165) is 22.3 Å². The highest BCUT2D eigenvalue weighted by molar-refractivity contribution is 7.89. The molecule has 142 valence electrons.